The molecular formula is C15H28O6. The number of rotatable bonds is 4. The Labute approximate surface area is 126 Å². The molecule has 124 valence electrons. The van der Waals surface area contributed by atoms with Gasteiger partial charge in [-0.15, -0.1) is 0 Å². The van der Waals surface area contributed by atoms with Crippen molar-refractivity contribution in [2.75, 3.05) is 39.8 Å². The van der Waals surface area contributed by atoms with Gasteiger partial charge in [-0.3, -0.25) is 0 Å². The van der Waals surface area contributed by atoms with E-state index in [1.165, 1.54) is 0 Å². The SMILES string of the molecule is CC(C)(CO)C1(C(C)(C)CO)OCOCC12CCOOC2. The molecule has 1 atom stereocenters. The third kappa shape index (κ3) is 2.33. The van der Waals surface area contributed by atoms with Crippen LogP contribution in [0.15, 0.2) is 0 Å². The smallest absolute Gasteiger partial charge is 0.147 e. The minimum absolute atomic E-state index is 0.0565. The molecule has 21 heavy (non-hydrogen) atoms. The topological polar surface area (TPSA) is 77.4 Å². The molecule has 0 aromatic heterocycles. The normalized spacial score (nSPS) is 30.6. The molecule has 0 aliphatic carbocycles. The predicted octanol–water partition coefficient (Wildman–Crippen LogP) is 1.10. The van der Waals surface area contributed by atoms with E-state index in [2.05, 4.69) is 0 Å². The van der Waals surface area contributed by atoms with E-state index in [9.17, 15) is 10.2 Å². The number of ether oxygens (including phenoxy) is 2. The molecule has 1 unspecified atom stereocenters. The van der Waals surface area contributed by atoms with Gasteiger partial charge in [0.05, 0.1) is 44.1 Å². The average Bonchev–Trinajstić information content (AvgIpc) is 2.48. The Hall–Kier alpha value is -0.240. The molecule has 0 radical (unpaired) electrons. The molecule has 0 amide bonds. The molecule has 2 heterocycles. The van der Waals surface area contributed by atoms with Gasteiger partial charge < -0.3 is 19.7 Å². The second-order valence-corrected chi connectivity index (χ2v) is 7.49. The molecule has 2 rings (SSSR count). The van der Waals surface area contributed by atoms with E-state index in [1.54, 1.807) is 0 Å². The van der Waals surface area contributed by atoms with Crippen molar-refractivity contribution in [1.82, 2.24) is 0 Å². The number of aliphatic hydroxyl groups excluding tert-OH is 2. The van der Waals surface area contributed by atoms with Crippen molar-refractivity contribution < 1.29 is 29.5 Å². The van der Waals surface area contributed by atoms with Crippen LogP contribution in [-0.2, 0) is 19.2 Å². The van der Waals surface area contributed by atoms with E-state index < -0.39 is 21.8 Å². The maximum Gasteiger partial charge on any atom is 0.147 e. The molecule has 0 aromatic rings. The minimum atomic E-state index is -0.793. The van der Waals surface area contributed by atoms with Crippen molar-refractivity contribution in [2.24, 2.45) is 16.2 Å². The Morgan fingerprint density at radius 1 is 0.952 bits per heavy atom. The van der Waals surface area contributed by atoms with E-state index in [4.69, 9.17) is 19.2 Å². The monoisotopic (exact) mass is 304 g/mol. The number of hydrogen-bond donors (Lipinski definition) is 2. The number of aliphatic hydroxyl groups is 2. The summed E-state index contributed by atoms with van der Waals surface area (Å²) in [5.41, 5.74) is -2.42. The fourth-order valence-corrected chi connectivity index (χ4v) is 4.50. The lowest BCUT2D eigenvalue weighted by atomic mass is 9.49. The van der Waals surface area contributed by atoms with Crippen LogP contribution in [0.5, 0.6) is 0 Å². The van der Waals surface area contributed by atoms with Crippen LogP contribution in [0.25, 0.3) is 0 Å². The number of hydrogen-bond acceptors (Lipinski definition) is 6. The van der Waals surface area contributed by atoms with Crippen LogP contribution in [0.4, 0.5) is 0 Å². The molecule has 2 fully saturated rings. The molecule has 0 saturated carbocycles. The van der Waals surface area contributed by atoms with Gasteiger partial charge in [0.15, 0.2) is 0 Å². The lowest BCUT2D eigenvalue weighted by Crippen LogP contribution is -2.74. The highest BCUT2D eigenvalue weighted by molar-refractivity contribution is 5.16. The highest BCUT2D eigenvalue weighted by Crippen LogP contribution is 2.60. The van der Waals surface area contributed by atoms with Gasteiger partial charge in [-0.1, -0.05) is 27.7 Å². The van der Waals surface area contributed by atoms with Gasteiger partial charge in [0, 0.05) is 10.8 Å². The van der Waals surface area contributed by atoms with Crippen LogP contribution in [0.1, 0.15) is 34.1 Å². The van der Waals surface area contributed by atoms with Crippen LogP contribution in [0, 0.1) is 16.2 Å². The molecule has 6 heteroatoms. The first-order chi connectivity index (χ1) is 9.79. The third-order valence-corrected chi connectivity index (χ3v) is 5.26. The summed E-state index contributed by atoms with van der Waals surface area (Å²) in [6.45, 7) is 9.12. The summed E-state index contributed by atoms with van der Waals surface area (Å²) in [6, 6.07) is 0. The summed E-state index contributed by atoms with van der Waals surface area (Å²) >= 11 is 0. The van der Waals surface area contributed by atoms with Gasteiger partial charge >= 0.3 is 0 Å². The average molecular weight is 304 g/mol. The largest absolute Gasteiger partial charge is 0.396 e. The molecule has 1 spiro atoms. The molecule has 0 aromatic carbocycles. The second kappa shape index (κ2) is 5.76. The predicted molar refractivity (Wildman–Crippen MR) is 75.3 cm³/mol. The molecule has 6 nitrogen and oxygen atoms in total. The summed E-state index contributed by atoms with van der Waals surface area (Å²) in [7, 11) is 0. The molecule has 2 aliphatic heterocycles. The van der Waals surface area contributed by atoms with Crippen molar-refractivity contribution in [3.05, 3.63) is 0 Å². The van der Waals surface area contributed by atoms with Crippen molar-refractivity contribution in [1.29, 1.82) is 0 Å². The summed E-state index contributed by atoms with van der Waals surface area (Å²) < 4.78 is 11.8. The highest BCUT2D eigenvalue weighted by Gasteiger charge is 2.69. The van der Waals surface area contributed by atoms with E-state index in [1.807, 2.05) is 27.7 Å². The fraction of sp³-hybridized carbons (Fsp3) is 1.00. The molecule has 2 saturated heterocycles. The van der Waals surface area contributed by atoms with Crippen molar-refractivity contribution in [2.45, 2.75) is 39.7 Å². The Kier molecular flexibility index (Phi) is 4.69. The first-order valence-electron chi connectivity index (χ1n) is 7.46. The summed E-state index contributed by atoms with van der Waals surface area (Å²) in [4.78, 5) is 10.3. The lowest BCUT2D eigenvalue weighted by Gasteiger charge is -2.65. The van der Waals surface area contributed by atoms with Gasteiger partial charge in [0.1, 0.15) is 6.79 Å². The van der Waals surface area contributed by atoms with E-state index in [0.717, 1.165) is 0 Å². The Balaban J connectivity index is 2.60. The minimum Gasteiger partial charge on any atom is -0.396 e. The molecule has 2 N–H and O–H groups in total. The zero-order valence-electron chi connectivity index (χ0n) is 13.5. The van der Waals surface area contributed by atoms with Gasteiger partial charge in [0.2, 0.25) is 0 Å². The van der Waals surface area contributed by atoms with Crippen LogP contribution in [0.3, 0.4) is 0 Å². The maximum absolute atomic E-state index is 10.0. The lowest BCUT2D eigenvalue weighted by molar-refractivity contribution is -0.417. The molecular weight excluding hydrogens is 276 g/mol. The summed E-state index contributed by atoms with van der Waals surface area (Å²) in [6.07, 6.45) is 0.694. The highest BCUT2D eigenvalue weighted by atomic mass is 17.2. The van der Waals surface area contributed by atoms with Gasteiger partial charge in [-0.25, -0.2) is 9.78 Å². The Bertz CT molecular complexity index is 335. The zero-order valence-corrected chi connectivity index (χ0v) is 13.5. The Morgan fingerprint density at radius 2 is 1.57 bits per heavy atom. The summed E-state index contributed by atoms with van der Waals surface area (Å²) in [5, 5.41) is 20.0. The van der Waals surface area contributed by atoms with Crippen LogP contribution < -0.4 is 0 Å². The summed E-state index contributed by atoms with van der Waals surface area (Å²) in [5.74, 6) is 0. The van der Waals surface area contributed by atoms with Crippen LogP contribution >= 0.6 is 0 Å². The van der Waals surface area contributed by atoms with E-state index in [0.29, 0.717) is 26.2 Å². The van der Waals surface area contributed by atoms with Gasteiger partial charge in [0.25, 0.3) is 0 Å². The van der Waals surface area contributed by atoms with E-state index in [-0.39, 0.29) is 20.0 Å². The first-order valence-corrected chi connectivity index (χ1v) is 7.46. The quantitative estimate of drug-likeness (QED) is 0.758. The maximum atomic E-state index is 10.0. The van der Waals surface area contributed by atoms with Crippen LogP contribution in [0.2, 0.25) is 0 Å². The van der Waals surface area contributed by atoms with Crippen LogP contribution in [-0.4, -0.2) is 55.6 Å². The first kappa shape index (κ1) is 17.1. The fourth-order valence-electron chi connectivity index (χ4n) is 4.50. The van der Waals surface area contributed by atoms with Crippen molar-refractivity contribution in [3.63, 3.8) is 0 Å². The van der Waals surface area contributed by atoms with E-state index >= 15 is 0 Å². The Morgan fingerprint density at radius 3 is 2.05 bits per heavy atom. The van der Waals surface area contributed by atoms with Crippen molar-refractivity contribution >= 4 is 0 Å². The van der Waals surface area contributed by atoms with Gasteiger partial charge in [-0.05, 0) is 6.42 Å². The van der Waals surface area contributed by atoms with Crippen molar-refractivity contribution in [3.8, 4) is 0 Å². The molecule has 0 bridgehead atoms. The standard InChI is InChI=1S/C15H28O6/c1-12(2,7-16)15(13(3,4)8-17)14(9-18-11-19-15)5-6-20-21-10-14/h16-17H,5-11H2,1-4H3. The third-order valence-electron chi connectivity index (χ3n) is 5.26. The molecule has 2 aliphatic rings. The second-order valence-electron chi connectivity index (χ2n) is 7.49. The van der Waals surface area contributed by atoms with Gasteiger partial charge in [-0.2, -0.15) is 0 Å². The zero-order chi connectivity index (χ0) is 15.8.